The van der Waals surface area contributed by atoms with Crippen LogP contribution in [0, 0.1) is 17.3 Å². The van der Waals surface area contributed by atoms with Crippen molar-refractivity contribution < 1.29 is 9.53 Å². The van der Waals surface area contributed by atoms with Gasteiger partial charge in [-0.1, -0.05) is 13.8 Å². The Hall–Kier alpha value is -0.570. The molecule has 108 valence electrons. The van der Waals surface area contributed by atoms with Gasteiger partial charge in [-0.25, -0.2) is 0 Å². The lowest BCUT2D eigenvalue weighted by Gasteiger charge is -2.29. The van der Waals surface area contributed by atoms with Crippen LogP contribution in [0.25, 0.3) is 0 Å². The molecular weight excluding hydrogens is 238 g/mol. The maximum atomic E-state index is 12.4. The number of hydrogen-bond acceptors (Lipinski definition) is 2. The number of nitrogens with zero attached hydrogens (tertiary/aromatic N) is 1. The second-order valence-corrected chi connectivity index (χ2v) is 7.82. The van der Waals surface area contributed by atoms with E-state index in [1.807, 2.05) is 6.92 Å². The molecular formula is C16H27NO2. The van der Waals surface area contributed by atoms with E-state index in [0.717, 1.165) is 25.3 Å². The zero-order valence-corrected chi connectivity index (χ0v) is 12.9. The lowest BCUT2D eigenvalue weighted by atomic mass is 10.0. The van der Waals surface area contributed by atoms with E-state index in [2.05, 4.69) is 32.6 Å². The van der Waals surface area contributed by atoms with Crippen molar-refractivity contribution in [2.45, 2.75) is 71.6 Å². The Morgan fingerprint density at radius 3 is 2.47 bits per heavy atom. The van der Waals surface area contributed by atoms with Crippen molar-refractivity contribution in [1.29, 1.82) is 0 Å². The van der Waals surface area contributed by atoms with Crippen LogP contribution in [0.3, 0.4) is 0 Å². The third kappa shape index (κ3) is 2.20. The summed E-state index contributed by atoms with van der Waals surface area (Å²) in [5, 5.41) is 0. The molecule has 1 saturated heterocycles. The minimum absolute atomic E-state index is 0.0529. The number of hydrogen-bond donors (Lipinski definition) is 0. The number of likely N-dealkylation sites (tertiary alicyclic amines) is 1. The molecule has 0 spiro atoms. The lowest BCUT2D eigenvalue weighted by Crippen LogP contribution is -2.40. The van der Waals surface area contributed by atoms with E-state index < -0.39 is 0 Å². The molecule has 19 heavy (non-hydrogen) atoms. The van der Waals surface area contributed by atoms with Crippen molar-refractivity contribution in [3.63, 3.8) is 0 Å². The van der Waals surface area contributed by atoms with Gasteiger partial charge in [-0.05, 0) is 50.9 Å². The molecule has 0 N–H and O–H groups in total. The number of carbonyl (C=O) groups excluding carboxylic acids is 1. The number of piperidine rings is 1. The molecule has 1 heterocycles. The fourth-order valence-electron chi connectivity index (χ4n) is 4.18. The zero-order chi connectivity index (χ0) is 14.0. The number of carbonyl (C=O) groups is 1. The highest BCUT2D eigenvalue weighted by Gasteiger charge is 2.66. The van der Waals surface area contributed by atoms with Crippen LogP contribution in [0.5, 0.6) is 0 Å². The van der Waals surface area contributed by atoms with Crippen LogP contribution < -0.4 is 0 Å². The van der Waals surface area contributed by atoms with E-state index >= 15 is 0 Å². The van der Waals surface area contributed by atoms with Gasteiger partial charge in [0.2, 0.25) is 5.91 Å². The van der Waals surface area contributed by atoms with E-state index in [-0.39, 0.29) is 17.6 Å². The average molecular weight is 265 g/mol. The maximum absolute atomic E-state index is 12.4. The molecule has 4 atom stereocenters. The SMILES string of the molecule is C[C@H](CC(=O)N1CC2C([C@H]1C)C2(C)C)OC1(C)CC1. The van der Waals surface area contributed by atoms with Crippen LogP contribution in [-0.4, -0.2) is 35.1 Å². The summed E-state index contributed by atoms with van der Waals surface area (Å²) in [5.74, 6) is 1.73. The van der Waals surface area contributed by atoms with Crippen molar-refractivity contribution in [1.82, 2.24) is 4.90 Å². The van der Waals surface area contributed by atoms with E-state index in [4.69, 9.17) is 4.74 Å². The molecule has 1 amide bonds. The number of amides is 1. The summed E-state index contributed by atoms with van der Waals surface area (Å²) in [6.07, 6.45) is 2.88. The Morgan fingerprint density at radius 1 is 1.37 bits per heavy atom. The first-order chi connectivity index (χ1) is 8.74. The summed E-state index contributed by atoms with van der Waals surface area (Å²) < 4.78 is 5.95. The van der Waals surface area contributed by atoms with Gasteiger partial charge in [-0.2, -0.15) is 0 Å². The van der Waals surface area contributed by atoms with Crippen LogP contribution in [0.15, 0.2) is 0 Å². The summed E-state index contributed by atoms with van der Waals surface area (Å²) in [5.41, 5.74) is 0.528. The quantitative estimate of drug-likeness (QED) is 0.782. The van der Waals surface area contributed by atoms with Crippen LogP contribution in [0.2, 0.25) is 0 Å². The van der Waals surface area contributed by atoms with E-state index in [1.165, 1.54) is 0 Å². The topological polar surface area (TPSA) is 29.5 Å². The van der Waals surface area contributed by atoms with Gasteiger partial charge in [0.25, 0.3) is 0 Å². The standard InChI is InChI=1S/C16H27NO2/c1-10(19-16(5)6-7-16)8-13(18)17-9-12-14(11(17)2)15(12,3)4/h10-12,14H,6-9H2,1-5H3/t10-,11-,12?,14?/m1/s1. The molecule has 3 fully saturated rings. The molecule has 3 nitrogen and oxygen atoms in total. The van der Waals surface area contributed by atoms with E-state index in [1.54, 1.807) is 0 Å². The minimum Gasteiger partial charge on any atom is -0.372 e. The predicted molar refractivity (Wildman–Crippen MR) is 74.7 cm³/mol. The van der Waals surface area contributed by atoms with Gasteiger partial charge < -0.3 is 9.64 Å². The fraction of sp³-hybridized carbons (Fsp3) is 0.938. The molecule has 3 rings (SSSR count). The molecule has 2 saturated carbocycles. The van der Waals surface area contributed by atoms with Gasteiger partial charge in [0.15, 0.2) is 0 Å². The highest BCUT2D eigenvalue weighted by molar-refractivity contribution is 5.77. The van der Waals surface area contributed by atoms with E-state index in [9.17, 15) is 4.79 Å². The third-order valence-electron chi connectivity index (χ3n) is 5.77. The monoisotopic (exact) mass is 265 g/mol. The Bertz CT molecular complexity index is 400. The Kier molecular flexibility index (Phi) is 2.80. The molecule has 2 unspecified atom stereocenters. The molecule has 3 aliphatic rings. The highest BCUT2D eigenvalue weighted by atomic mass is 16.5. The van der Waals surface area contributed by atoms with Gasteiger partial charge in [0.1, 0.15) is 0 Å². The smallest absolute Gasteiger partial charge is 0.225 e. The van der Waals surface area contributed by atoms with Crippen LogP contribution >= 0.6 is 0 Å². The average Bonchev–Trinajstić information content (AvgIpc) is 3.04. The van der Waals surface area contributed by atoms with Gasteiger partial charge >= 0.3 is 0 Å². The zero-order valence-electron chi connectivity index (χ0n) is 12.9. The highest BCUT2D eigenvalue weighted by Crippen LogP contribution is 2.64. The summed E-state index contributed by atoms with van der Waals surface area (Å²) in [6, 6.07) is 0.413. The third-order valence-corrected chi connectivity index (χ3v) is 5.77. The Labute approximate surface area is 116 Å². The van der Waals surface area contributed by atoms with E-state index in [0.29, 0.717) is 23.8 Å². The number of fused-ring (bicyclic) bond motifs is 1. The molecule has 1 aliphatic heterocycles. The summed E-state index contributed by atoms with van der Waals surface area (Å²) in [4.78, 5) is 14.5. The number of ether oxygens (including phenoxy) is 1. The molecule has 0 radical (unpaired) electrons. The lowest BCUT2D eigenvalue weighted by molar-refractivity contribution is -0.137. The maximum Gasteiger partial charge on any atom is 0.225 e. The van der Waals surface area contributed by atoms with Crippen molar-refractivity contribution in [3.05, 3.63) is 0 Å². The van der Waals surface area contributed by atoms with Gasteiger partial charge in [-0.15, -0.1) is 0 Å². The molecule has 0 aromatic carbocycles. The first-order valence-corrected chi connectivity index (χ1v) is 7.72. The summed E-state index contributed by atoms with van der Waals surface area (Å²) in [7, 11) is 0. The first-order valence-electron chi connectivity index (χ1n) is 7.72. The second kappa shape index (κ2) is 3.97. The van der Waals surface area contributed by atoms with Crippen molar-refractivity contribution in [2.24, 2.45) is 17.3 Å². The predicted octanol–water partition coefficient (Wildman–Crippen LogP) is 2.84. The first kappa shape index (κ1) is 13.4. The van der Waals surface area contributed by atoms with Crippen LogP contribution in [0.1, 0.15) is 53.9 Å². The molecule has 0 aromatic rings. The molecule has 2 aliphatic carbocycles. The largest absolute Gasteiger partial charge is 0.372 e. The molecule has 0 bridgehead atoms. The normalized spacial score (nSPS) is 38.8. The fourth-order valence-corrected chi connectivity index (χ4v) is 4.18. The van der Waals surface area contributed by atoms with Crippen molar-refractivity contribution in [3.8, 4) is 0 Å². The van der Waals surface area contributed by atoms with Gasteiger partial charge in [0, 0.05) is 12.6 Å². The Balaban J connectivity index is 1.52. The second-order valence-electron chi connectivity index (χ2n) is 7.82. The Morgan fingerprint density at radius 2 is 2.00 bits per heavy atom. The number of rotatable bonds is 4. The summed E-state index contributed by atoms with van der Waals surface area (Å²) in [6.45, 7) is 12.0. The van der Waals surface area contributed by atoms with Gasteiger partial charge in [0.05, 0.1) is 18.1 Å². The minimum atomic E-state index is 0.0529. The van der Waals surface area contributed by atoms with Crippen molar-refractivity contribution in [2.75, 3.05) is 6.54 Å². The molecule has 3 heteroatoms. The summed E-state index contributed by atoms with van der Waals surface area (Å²) >= 11 is 0. The molecule has 0 aromatic heterocycles. The van der Waals surface area contributed by atoms with Crippen LogP contribution in [-0.2, 0) is 9.53 Å². The van der Waals surface area contributed by atoms with Gasteiger partial charge in [-0.3, -0.25) is 4.79 Å². The van der Waals surface area contributed by atoms with Crippen LogP contribution in [0.4, 0.5) is 0 Å². The van der Waals surface area contributed by atoms with Crippen molar-refractivity contribution >= 4 is 5.91 Å².